The number of ketones is 1. The van der Waals surface area contributed by atoms with Crippen molar-refractivity contribution in [1.29, 1.82) is 5.26 Å². The monoisotopic (exact) mass is 468 g/mol. The summed E-state index contributed by atoms with van der Waals surface area (Å²) < 4.78 is 11.1. The molecule has 3 rings (SSSR count). The van der Waals surface area contributed by atoms with E-state index in [-0.39, 0.29) is 35.4 Å². The number of allylic oxidation sites excluding steroid dienone is 2. The molecule has 1 aliphatic heterocycles. The average Bonchev–Trinajstić information content (AvgIpc) is 3.09. The average molecular weight is 469 g/mol. The van der Waals surface area contributed by atoms with Crippen LogP contribution in [0.15, 0.2) is 38.9 Å². The van der Waals surface area contributed by atoms with E-state index in [0.29, 0.717) is 45.4 Å². The highest BCUT2D eigenvalue weighted by Crippen LogP contribution is 2.40. The SMILES string of the molecule is CCOC(=O)c1c(CSC2=NC(C)=C(C(C)=O)C(CC(C)C)C2C#N)oc2ccc(O)cc12. The Bertz CT molecular complexity index is 1190. The third-order valence-electron chi connectivity index (χ3n) is 5.53. The van der Waals surface area contributed by atoms with E-state index in [0.717, 1.165) is 0 Å². The maximum Gasteiger partial charge on any atom is 0.342 e. The molecule has 1 aliphatic rings. The highest BCUT2D eigenvalue weighted by atomic mass is 32.2. The van der Waals surface area contributed by atoms with Crippen molar-refractivity contribution in [3.63, 3.8) is 0 Å². The van der Waals surface area contributed by atoms with Crippen molar-refractivity contribution in [3.8, 4) is 11.8 Å². The number of phenolic OH excluding ortho intramolecular Hbond substituents is 1. The molecule has 2 atom stereocenters. The van der Waals surface area contributed by atoms with Crippen LogP contribution in [0.4, 0.5) is 0 Å². The zero-order valence-electron chi connectivity index (χ0n) is 19.5. The zero-order valence-corrected chi connectivity index (χ0v) is 20.3. The van der Waals surface area contributed by atoms with Crippen LogP contribution in [0.2, 0.25) is 0 Å². The first kappa shape index (κ1) is 24.6. The number of esters is 1. The van der Waals surface area contributed by atoms with Gasteiger partial charge >= 0.3 is 5.97 Å². The van der Waals surface area contributed by atoms with Crippen LogP contribution in [0.5, 0.6) is 5.75 Å². The van der Waals surface area contributed by atoms with Gasteiger partial charge in [0.2, 0.25) is 0 Å². The highest BCUT2D eigenvalue weighted by molar-refractivity contribution is 8.13. The lowest BCUT2D eigenvalue weighted by Gasteiger charge is -2.30. The number of Topliss-reactive ketones (excluding diaryl/α,β-unsaturated/α-hetero) is 1. The minimum atomic E-state index is -0.556. The topological polar surface area (TPSA) is 113 Å². The van der Waals surface area contributed by atoms with Crippen molar-refractivity contribution in [2.75, 3.05) is 6.61 Å². The number of hydrogen-bond donors (Lipinski definition) is 1. The first-order chi connectivity index (χ1) is 15.7. The van der Waals surface area contributed by atoms with E-state index in [1.54, 1.807) is 19.9 Å². The number of phenols is 1. The van der Waals surface area contributed by atoms with Gasteiger partial charge in [0.25, 0.3) is 0 Å². The van der Waals surface area contributed by atoms with Gasteiger partial charge in [0.05, 0.1) is 23.5 Å². The molecule has 0 saturated carbocycles. The molecular formula is C25H28N2O5S. The number of benzene rings is 1. The zero-order chi connectivity index (χ0) is 24.3. The van der Waals surface area contributed by atoms with Crippen LogP contribution in [-0.2, 0) is 15.3 Å². The van der Waals surface area contributed by atoms with Gasteiger partial charge in [-0.3, -0.25) is 4.79 Å². The fourth-order valence-corrected chi connectivity index (χ4v) is 5.33. The Morgan fingerprint density at radius 1 is 1.36 bits per heavy atom. The summed E-state index contributed by atoms with van der Waals surface area (Å²) >= 11 is 1.32. The lowest BCUT2D eigenvalue weighted by molar-refractivity contribution is -0.114. The quantitative estimate of drug-likeness (QED) is 0.524. The minimum Gasteiger partial charge on any atom is -0.508 e. The minimum absolute atomic E-state index is 0.0169. The molecule has 0 spiro atoms. The molecule has 2 unspecified atom stereocenters. The summed E-state index contributed by atoms with van der Waals surface area (Å²) in [6, 6.07) is 6.91. The van der Waals surface area contributed by atoms with Gasteiger partial charge in [-0.05, 0) is 51.3 Å². The number of nitrogens with zero attached hydrogens (tertiary/aromatic N) is 2. The Labute approximate surface area is 197 Å². The van der Waals surface area contributed by atoms with Crippen LogP contribution in [0.1, 0.15) is 57.2 Å². The maximum absolute atomic E-state index is 12.7. The number of hydrogen-bond acceptors (Lipinski definition) is 8. The van der Waals surface area contributed by atoms with Crippen LogP contribution < -0.4 is 0 Å². The number of carbonyl (C=O) groups excluding carboxylic acids is 2. The second-order valence-electron chi connectivity index (χ2n) is 8.44. The van der Waals surface area contributed by atoms with E-state index in [9.17, 15) is 20.0 Å². The first-order valence-corrected chi connectivity index (χ1v) is 11.9. The molecule has 8 heteroatoms. The first-order valence-electron chi connectivity index (χ1n) is 10.9. The number of rotatable bonds is 7. The van der Waals surface area contributed by atoms with Crippen LogP contribution in [-0.4, -0.2) is 28.5 Å². The predicted molar refractivity (Wildman–Crippen MR) is 128 cm³/mol. The van der Waals surface area contributed by atoms with E-state index in [1.807, 2.05) is 0 Å². The molecule has 33 heavy (non-hydrogen) atoms. The standard InChI is InChI=1S/C25H28N2O5S/c1-6-31-25(30)23-18-10-16(29)7-8-20(18)32-21(23)12-33-24-19(11-26)17(9-13(2)3)22(15(5)28)14(4)27-24/h7-8,10,13,17,19,29H,6,9,12H2,1-5H3. The van der Waals surface area contributed by atoms with E-state index < -0.39 is 11.9 Å². The fraction of sp³-hybridized carbons (Fsp3) is 0.440. The third kappa shape index (κ3) is 5.14. The molecule has 0 radical (unpaired) electrons. The van der Waals surface area contributed by atoms with Crippen molar-refractivity contribution in [2.24, 2.45) is 22.7 Å². The van der Waals surface area contributed by atoms with Crippen LogP contribution in [0, 0.1) is 29.1 Å². The fourth-order valence-electron chi connectivity index (χ4n) is 4.25. The predicted octanol–water partition coefficient (Wildman–Crippen LogP) is 5.63. The van der Waals surface area contributed by atoms with E-state index in [1.165, 1.54) is 30.8 Å². The number of furan rings is 1. The number of thioether (sulfide) groups is 1. The molecule has 0 amide bonds. The number of ether oxygens (including phenoxy) is 1. The lowest BCUT2D eigenvalue weighted by Crippen LogP contribution is -2.30. The molecule has 7 nitrogen and oxygen atoms in total. The van der Waals surface area contributed by atoms with Crippen LogP contribution >= 0.6 is 11.8 Å². The smallest absolute Gasteiger partial charge is 0.342 e. The second-order valence-corrected chi connectivity index (χ2v) is 9.43. The third-order valence-corrected chi connectivity index (χ3v) is 6.57. The molecule has 0 fully saturated rings. The normalized spacial score (nSPS) is 18.4. The summed E-state index contributed by atoms with van der Waals surface area (Å²) in [4.78, 5) is 29.6. The van der Waals surface area contributed by atoms with Crippen molar-refractivity contribution in [2.45, 2.75) is 46.8 Å². The van der Waals surface area contributed by atoms with Gasteiger partial charge in [0.15, 0.2) is 5.78 Å². The van der Waals surface area contributed by atoms with Gasteiger partial charge in [-0.25, -0.2) is 9.79 Å². The van der Waals surface area contributed by atoms with Gasteiger partial charge in [0, 0.05) is 22.6 Å². The Morgan fingerprint density at radius 3 is 2.70 bits per heavy atom. The summed E-state index contributed by atoms with van der Waals surface area (Å²) in [5.41, 5.74) is 1.96. The summed E-state index contributed by atoms with van der Waals surface area (Å²) in [6.07, 6.45) is 0.696. The van der Waals surface area contributed by atoms with Crippen LogP contribution in [0.25, 0.3) is 11.0 Å². The van der Waals surface area contributed by atoms with Gasteiger partial charge in [-0.2, -0.15) is 5.26 Å². The number of aromatic hydroxyl groups is 1. The molecule has 0 saturated heterocycles. The molecule has 1 aromatic carbocycles. The summed E-state index contributed by atoms with van der Waals surface area (Å²) in [5, 5.41) is 20.9. The molecule has 2 aromatic rings. The summed E-state index contributed by atoms with van der Waals surface area (Å²) in [6.45, 7) is 9.37. The van der Waals surface area contributed by atoms with Crippen molar-refractivity contribution in [1.82, 2.24) is 0 Å². The maximum atomic E-state index is 12.7. The van der Waals surface area contributed by atoms with E-state index in [2.05, 4.69) is 24.9 Å². The summed E-state index contributed by atoms with van der Waals surface area (Å²) in [5.74, 6) is -0.431. The molecule has 2 heterocycles. The lowest BCUT2D eigenvalue weighted by atomic mass is 9.77. The molecule has 1 N–H and O–H groups in total. The van der Waals surface area contributed by atoms with Gasteiger partial charge in [-0.1, -0.05) is 13.8 Å². The van der Waals surface area contributed by atoms with Gasteiger partial charge in [0.1, 0.15) is 28.6 Å². The highest BCUT2D eigenvalue weighted by Gasteiger charge is 2.37. The van der Waals surface area contributed by atoms with Crippen molar-refractivity contribution in [3.05, 3.63) is 40.8 Å². The molecule has 174 valence electrons. The van der Waals surface area contributed by atoms with E-state index >= 15 is 0 Å². The number of aliphatic imine (C=N–C) groups is 1. The molecule has 0 aliphatic carbocycles. The van der Waals surface area contributed by atoms with Crippen molar-refractivity contribution < 1.29 is 23.8 Å². The number of nitriles is 1. The molecule has 0 bridgehead atoms. The second kappa shape index (κ2) is 10.3. The largest absolute Gasteiger partial charge is 0.508 e. The number of fused-ring (bicyclic) bond motifs is 1. The van der Waals surface area contributed by atoms with Crippen LogP contribution in [0.3, 0.4) is 0 Å². The van der Waals surface area contributed by atoms with E-state index in [4.69, 9.17) is 9.15 Å². The van der Waals surface area contributed by atoms with Crippen molar-refractivity contribution >= 4 is 39.5 Å². The number of carbonyl (C=O) groups is 2. The van der Waals surface area contributed by atoms with Gasteiger partial charge in [-0.15, -0.1) is 11.8 Å². The Hall–Kier alpha value is -3.05. The Kier molecular flexibility index (Phi) is 7.65. The molecule has 1 aromatic heterocycles. The van der Waals surface area contributed by atoms with Gasteiger partial charge < -0.3 is 14.3 Å². The Balaban J connectivity index is 1.99. The summed E-state index contributed by atoms with van der Waals surface area (Å²) in [7, 11) is 0. The molecular weight excluding hydrogens is 440 g/mol. The Morgan fingerprint density at radius 2 is 2.09 bits per heavy atom.